The van der Waals surface area contributed by atoms with Crippen molar-refractivity contribution < 1.29 is 24.0 Å². The minimum absolute atomic E-state index is 0.133. The summed E-state index contributed by atoms with van der Waals surface area (Å²) in [4.78, 5) is 37.5. The summed E-state index contributed by atoms with van der Waals surface area (Å²) in [5, 5.41) is 14.9. The molecular formula is C13H12N4O6. The van der Waals surface area contributed by atoms with Gasteiger partial charge in [-0.05, 0) is 0 Å². The topological polar surface area (TPSA) is 126 Å². The van der Waals surface area contributed by atoms with Crippen LogP contribution in [0.5, 0.6) is 0 Å². The maximum atomic E-state index is 11.7. The summed E-state index contributed by atoms with van der Waals surface area (Å²) in [7, 11) is 2.28. The number of aromatic nitrogens is 3. The van der Waals surface area contributed by atoms with E-state index in [1.54, 1.807) is 6.07 Å². The van der Waals surface area contributed by atoms with Gasteiger partial charge in [0.15, 0.2) is 0 Å². The number of nitro benzene ring substituents is 1. The number of nitrogens with zero attached hydrogens (tertiary/aromatic N) is 4. The van der Waals surface area contributed by atoms with Gasteiger partial charge in [-0.1, -0.05) is 18.2 Å². The molecule has 2 aromatic rings. The fourth-order valence-corrected chi connectivity index (χ4v) is 1.86. The van der Waals surface area contributed by atoms with E-state index in [2.05, 4.69) is 19.6 Å². The van der Waals surface area contributed by atoms with Crippen LogP contribution in [-0.4, -0.2) is 45.8 Å². The number of esters is 2. The van der Waals surface area contributed by atoms with E-state index in [0.29, 0.717) is 5.56 Å². The first-order valence-corrected chi connectivity index (χ1v) is 6.31. The molecule has 0 fully saturated rings. The van der Waals surface area contributed by atoms with Gasteiger partial charge >= 0.3 is 11.9 Å². The molecule has 0 radical (unpaired) electrons. The van der Waals surface area contributed by atoms with Crippen molar-refractivity contribution in [2.45, 2.75) is 6.54 Å². The van der Waals surface area contributed by atoms with Gasteiger partial charge in [-0.25, -0.2) is 14.3 Å². The Balaban J connectivity index is 2.46. The highest BCUT2D eigenvalue weighted by atomic mass is 16.6. The smallest absolute Gasteiger partial charge is 0.377 e. The third-order valence-electron chi connectivity index (χ3n) is 2.92. The van der Waals surface area contributed by atoms with Crippen molar-refractivity contribution in [3.8, 4) is 0 Å². The van der Waals surface area contributed by atoms with Crippen molar-refractivity contribution in [1.29, 1.82) is 0 Å². The minimum Gasteiger partial charge on any atom is -0.463 e. The molecule has 0 aliphatic carbocycles. The van der Waals surface area contributed by atoms with Gasteiger partial charge in [0.2, 0.25) is 5.82 Å². The Labute approximate surface area is 129 Å². The van der Waals surface area contributed by atoms with Crippen molar-refractivity contribution in [3.63, 3.8) is 0 Å². The van der Waals surface area contributed by atoms with Crippen LogP contribution in [0.15, 0.2) is 24.3 Å². The molecule has 0 saturated carbocycles. The third kappa shape index (κ3) is 3.31. The molecule has 120 valence electrons. The van der Waals surface area contributed by atoms with Gasteiger partial charge in [0.05, 0.1) is 31.3 Å². The summed E-state index contributed by atoms with van der Waals surface area (Å²) in [6.07, 6.45) is 0. The predicted molar refractivity (Wildman–Crippen MR) is 74.9 cm³/mol. The molecule has 1 heterocycles. The first-order valence-electron chi connectivity index (χ1n) is 6.31. The van der Waals surface area contributed by atoms with Crippen molar-refractivity contribution in [3.05, 3.63) is 51.6 Å². The molecule has 0 aliphatic rings. The van der Waals surface area contributed by atoms with E-state index in [4.69, 9.17) is 0 Å². The molecule has 10 heteroatoms. The first-order chi connectivity index (χ1) is 11.0. The lowest BCUT2D eigenvalue weighted by atomic mass is 10.2. The number of hydrogen-bond acceptors (Lipinski definition) is 8. The van der Waals surface area contributed by atoms with Crippen molar-refractivity contribution in [2.75, 3.05) is 14.2 Å². The highest BCUT2D eigenvalue weighted by Gasteiger charge is 2.24. The standard InChI is InChI=1S/C13H12N4O6/c1-22-12(18)10-14-11(13(19)23-2)16(15-10)7-8-5-3-4-6-9(8)17(20)21/h3-6H,7H2,1-2H3. The summed E-state index contributed by atoms with van der Waals surface area (Å²) in [6, 6.07) is 5.96. The molecule has 0 bridgehead atoms. The van der Waals surface area contributed by atoms with Crippen LogP contribution in [0.2, 0.25) is 0 Å². The monoisotopic (exact) mass is 320 g/mol. The fourth-order valence-electron chi connectivity index (χ4n) is 1.86. The van der Waals surface area contributed by atoms with E-state index < -0.39 is 16.9 Å². The van der Waals surface area contributed by atoms with Crippen LogP contribution in [0.25, 0.3) is 0 Å². The van der Waals surface area contributed by atoms with Gasteiger partial charge in [-0.3, -0.25) is 10.1 Å². The summed E-state index contributed by atoms with van der Waals surface area (Å²) in [6.45, 7) is -0.133. The van der Waals surface area contributed by atoms with Crippen LogP contribution < -0.4 is 0 Å². The SMILES string of the molecule is COC(=O)c1nc(C(=O)OC)n(Cc2ccccc2[N+](=O)[O-])n1. The minimum atomic E-state index is -0.837. The van der Waals surface area contributed by atoms with E-state index in [9.17, 15) is 19.7 Å². The molecule has 0 amide bonds. The zero-order valence-electron chi connectivity index (χ0n) is 12.3. The van der Waals surface area contributed by atoms with Gasteiger partial charge in [0.25, 0.3) is 11.5 Å². The maximum Gasteiger partial charge on any atom is 0.377 e. The Morgan fingerprint density at radius 2 is 1.87 bits per heavy atom. The lowest BCUT2D eigenvalue weighted by molar-refractivity contribution is -0.385. The lowest BCUT2D eigenvalue weighted by Crippen LogP contribution is -2.14. The summed E-state index contributed by atoms with van der Waals surface area (Å²) in [5.41, 5.74) is 0.155. The molecule has 2 rings (SSSR count). The number of nitro groups is 1. The maximum absolute atomic E-state index is 11.7. The number of ether oxygens (including phenoxy) is 2. The lowest BCUT2D eigenvalue weighted by Gasteiger charge is -2.05. The van der Waals surface area contributed by atoms with Crippen LogP contribution in [0.3, 0.4) is 0 Å². The molecule has 0 aliphatic heterocycles. The number of para-hydroxylation sites is 1. The zero-order valence-corrected chi connectivity index (χ0v) is 12.3. The summed E-state index contributed by atoms with van der Waals surface area (Å²) in [5.74, 6) is -2.26. The van der Waals surface area contributed by atoms with Crippen LogP contribution >= 0.6 is 0 Å². The highest BCUT2D eigenvalue weighted by Crippen LogP contribution is 2.19. The van der Waals surface area contributed by atoms with Crippen LogP contribution in [0.4, 0.5) is 5.69 Å². The quantitative estimate of drug-likeness (QED) is 0.450. The Morgan fingerprint density at radius 1 is 1.22 bits per heavy atom. The average Bonchev–Trinajstić information content (AvgIpc) is 2.97. The number of hydrogen-bond donors (Lipinski definition) is 0. The predicted octanol–water partition coefficient (Wildman–Crippen LogP) is 0.808. The fraction of sp³-hybridized carbons (Fsp3) is 0.231. The number of methoxy groups -OCH3 is 2. The second kappa shape index (κ2) is 6.64. The normalized spacial score (nSPS) is 10.2. The van der Waals surface area contributed by atoms with Crippen molar-refractivity contribution in [1.82, 2.24) is 14.8 Å². The molecule has 1 aromatic carbocycles. The van der Waals surface area contributed by atoms with E-state index in [1.165, 1.54) is 18.2 Å². The number of rotatable bonds is 5. The highest BCUT2D eigenvalue weighted by molar-refractivity contribution is 5.89. The van der Waals surface area contributed by atoms with Crippen molar-refractivity contribution >= 4 is 17.6 Å². The van der Waals surface area contributed by atoms with E-state index >= 15 is 0 Å². The third-order valence-corrected chi connectivity index (χ3v) is 2.92. The molecule has 23 heavy (non-hydrogen) atoms. The van der Waals surface area contributed by atoms with Gasteiger partial charge in [-0.15, -0.1) is 5.10 Å². The number of benzene rings is 1. The molecule has 1 aromatic heterocycles. The summed E-state index contributed by atoms with van der Waals surface area (Å²) >= 11 is 0. The number of carbonyl (C=O) groups is 2. The Bertz CT molecular complexity index is 770. The Hall–Kier alpha value is -3.30. The Morgan fingerprint density at radius 3 is 2.48 bits per heavy atom. The van der Waals surface area contributed by atoms with E-state index in [1.807, 2.05) is 0 Å². The van der Waals surface area contributed by atoms with E-state index in [0.717, 1.165) is 18.9 Å². The van der Waals surface area contributed by atoms with Gasteiger partial charge in [-0.2, -0.15) is 4.98 Å². The van der Waals surface area contributed by atoms with Crippen LogP contribution in [0.1, 0.15) is 26.8 Å². The zero-order chi connectivity index (χ0) is 17.0. The molecule has 0 atom stereocenters. The van der Waals surface area contributed by atoms with E-state index in [-0.39, 0.29) is 23.9 Å². The first kappa shape index (κ1) is 16.1. The average molecular weight is 320 g/mol. The second-order valence-electron chi connectivity index (χ2n) is 4.29. The molecular weight excluding hydrogens is 308 g/mol. The second-order valence-corrected chi connectivity index (χ2v) is 4.29. The van der Waals surface area contributed by atoms with Crippen LogP contribution in [-0.2, 0) is 16.0 Å². The van der Waals surface area contributed by atoms with Gasteiger partial charge in [0, 0.05) is 6.07 Å². The Kier molecular flexibility index (Phi) is 4.64. The largest absolute Gasteiger partial charge is 0.463 e. The molecule has 0 N–H and O–H groups in total. The van der Waals surface area contributed by atoms with Gasteiger partial charge in [0.1, 0.15) is 0 Å². The molecule has 0 spiro atoms. The summed E-state index contributed by atoms with van der Waals surface area (Å²) < 4.78 is 10.1. The molecule has 10 nitrogen and oxygen atoms in total. The molecule has 0 saturated heterocycles. The van der Waals surface area contributed by atoms with Gasteiger partial charge < -0.3 is 9.47 Å². The molecule has 0 unspecified atom stereocenters. The van der Waals surface area contributed by atoms with Crippen molar-refractivity contribution in [2.24, 2.45) is 0 Å². The number of carbonyl (C=O) groups excluding carboxylic acids is 2. The van der Waals surface area contributed by atoms with Crippen LogP contribution in [0, 0.1) is 10.1 Å².